The maximum Gasteiger partial charge on any atom is 0.269 e. The number of phenolic OH excluding ortho intramolecular Hbond substituents is 1. The topological polar surface area (TPSA) is 153 Å². The van der Waals surface area contributed by atoms with Gasteiger partial charge in [0.1, 0.15) is 0 Å². The number of allylic oxidation sites excluding steroid dienone is 7. The number of aromatic hydroxyl groups is 1. The van der Waals surface area contributed by atoms with Gasteiger partial charge in [-0.25, -0.2) is 0 Å². The zero-order valence-electron chi connectivity index (χ0n) is 24.1. The average Bonchev–Trinajstić information content (AvgIpc) is 3.27. The number of benzene rings is 2. The fourth-order valence-electron chi connectivity index (χ4n) is 6.83. The number of anilines is 1. The Morgan fingerprint density at radius 3 is 2.27 bits per heavy atom. The number of non-ortho nitro benzene ring substituents is 1. The van der Waals surface area contributed by atoms with Crippen LogP contribution in [0.1, 0.15) is 25.3 Å². The summed E-state index contributed by atoms with van der Waals surface area (Å²) in [5, 5.41) is 21.5. The minimum Gasteiger partial charge on any atom is -0.502 e. The first kappa shape index (κ1) is 28.8. The summed E-state index contributed by atoms with van der Waals surface area (Å²) in [5.41, 5.74) is 2.47. The first-order valence-electron chi connectivity index (χ1n) is 14.0. The number of ether oxygens (including phenoxy) is 2. The fraction of sp³-hybridized carbons (Fsp3) is 0.273. The highest BCUT2D eigenvalue weighted by Crippen LogP contribution is 2.53. The van der Waals surface area contributed by atoms with Crippen molar-refractivity contribution in [2.24, 2.45) is 23.7 Å². The van der Waals surface area contributed by atoms with Gasteiger partial charge < -0.3 is 14.6 Å². The molecule has 1 saturated heterocycles. The third-order valence-corrected chi connectivity index (χ3v) is 8.91. The Kier molecular flexibility index (Phi) is 7.03. The van der Waals surface area contributed by atoms with Crippen LogP contribution in [0.15, 0.2) is 76.9 Å². The molecule has 44 heavy (non-hydrogen) atoms. The summed E-state index contributed by atoms with van der Waals surface area (Å²) in [6, 6.07) is 8.46. The van der Waals surface area contributed by atoms with Gasteiger partial charge in [0.05, 0.1) is 36.7 Å². The number of carbonyl (C=O) groups is 4. The van der Waals surface area contributed by atoms with Crippen molar-refractivity contribution < 1.29 is 38.7 Å². The molecule has 1 N–H and O–H groups in total. The van der Waals surface area contributed by atoms with E-state index in [4.69, 9.17) is 9.47 Å². The smallest absolute Gasteiger partial charge is 0.269 e. The Morgan fingerprint density at radius 1 is 1.00 bits per heavy atom. The summed E-state index contributed by atoms with van der Waals surface area (Å²) in [5.74, 6) is -3.78. The predicted octanol–water partition coefficient (Wildman–Crippen LogP) is 4.50. The zero-order chi connectivity index (χ0) is 31.4. The molecule has 2 amide bonds. The monoisotopic (exact) mass is 596 g/mol. The third-order valence-electron chi connectivity index (χ3n) is 8.91. The van der Waals surface area contributed by atoms with E-state index < -0.39 is 40.4 Å². The number of imide groups is 1. The van der Waals surface area contributed by atoms with E-state index in [0.717, 1.165) is 10.5 Å². The molecule has 6 rings (SSSR count). The summed E-state index contributed by atoms with van der Waals surface area (Å²) in [6.07, 6.45) is 7.14. The number of nitro benzene ring substituents is 1. The first-order valence-corrected chi connectivity index (χ1v) is 14.0. The number of ketones is 2. The third kappa shape index (κ3) is 4.43. The fourth-order valence-corrected chi connectivity index (χ4v) is 6.83. The second kappa shape index (κ2) is 10.7. The minimum absolute atomic E-state index is 0.134. The van der Waals surface area contributed by atoms with Crippen molar-refractivity contribution in [1.29, 1.82) is 0 Å². The van der Waals surface area contributed by atoms with Gasteiger partial charge in [0.25, 0.3) is 5.69 Å². The maximum absolute atomic E-state index is 13.9. The van der Waals surface area contributed by atoms with Gasteiger partial charge in [-0.05, 0) is 61.6 Å². The van der Waals surface area contributed by atoms with Gasteiger partial charge in [-0.1, -0.05) is 23.8 Å². The molecule has 4 atom stereocenters. The molecule has 0 spiro atoms. The Morgan fingerprint density at radius 2 is 1.66 bits per heavy atom. The lowest BCUT2D eigenvalue weighted by Gasteiger charge is -2.41. The number of nitrogens with zero attached hydrogens (tertiary/aromatic N) is 2. The van der Waals surface area contributed by atoms with Gasteiger partial charge >= 0.3 is 0 Å². The summed E-state index contributed by atoms with van der Waals surface area (Å²) in [7, 11) is 2.82. The molecule has 0 saturated carbocycles. The largest absolute Gasteiger partial charge is 0.502 e. The molecule has 0 aromatic heterocycles. The van der Waals surface area contributed by atoms with Gasteiger partial charge in [0.2, 0.25) is 17.6 Å². The number of nitro groups is 1. The second-order valence-corrected chi connectivity index (χ2v) is 11.2. The second-order valence-electron chi connectivity index (χ2n) is 11.2. The number of hydrogen-bond acceptors (Lipinski definition) is 9. The highest BCUT2D eigenvalue weighted by Gasteiger charge is 2.56. The van der Waals surface area contributed by atoms with Crippen LogP contribution in [0.25, 0.3) is 6.08 Å². The predicted molar refractivity (Wildman–Crippen MR) is 158 cm³/mol. The van der Waals surface area contributed by atoms with Crippen molar-refractivity contribution in [3.8, 4) is 17.2 Å². The first-order chi connectivity index (χ1) is 21.0. The highest BCUT2D eigenvalue weighted by atomic mass is 16.6. The molecule has 224 valence electrons. The van der Waals surface area contributed by atoms with E-state index in [0.29, 0.717) is 22.3 Å². The molecule has 1 heterocycles. The molecule has 1 fully saturated rings. The van der Waals surface area contributed by atoms with Crippen LogP contribution < -0.4 is 14.4 Å². The Labute approximate surface area is 251 Å². The molecular weight excluding hydrogens is 568 g/mol. The molecule has 0 radical (unpaired) electrons. The molecule has 3 aliphatic carbocycles. The van der Waals surface area contributed by atoms with E-state index in [9.17, 15) is 34.4 Å². The van der Waals surface area contributed by atoms with E-state index in [1.54, 1.807) is 31.2 Å². The number of amides is 2. The van der Waals surface area contributed by atoms with Crippen LogP contribution in [0.5, 0.6) is 17.2 Å². The van der Waals surface area contributed by atoms with Crippen molar-refractivity contribution in [3.63, 3.8) is 0 Å². The van der Waals surface area contributed by atoms with Crippen LogP contribution in [0.4, 0.5) is 11.4 Å². The van der Waals surface area contributed by atoms with Crippen molar-refractivity contribution in [1.82, 2.24) is 0 Å². The lowest BCUT2D eigenvalue weighted by molar-refractivity contribution is -0.384. The number of Topliss-reactive ketones (excluding diaryl/α,β-unsaturated/α-hetero) is 1. The Balaban J connectivity index is 1.41. The van der Waals surface area contributed by atoms with Crippen LogP contribution in [-0.4, -0.2) is 47.6 Å². The van der Waals surface area contributed by atoms with Gasteiger partial charge in [-0.15, -0.1) is 0 Å². The lowest BCUT2D eigenvalue weighted by atomic mass is 9.60. The van der Waals surface area contributed by atoms with Gasteiger partial charge in [0, 0.05) is 34.8 Å². The zero-order valence-corrected chi connectivity index (χ0v) is 24.1. The van der Waals surface area contributed by atoms with E-state index in [1.807, 2.05) is 6.08 Å². The Hall–Kier alpha value is -5.32. The molecule has 2 aromatic rings. The molecule has 11 heteroatoms. The molecule has 11 nitrogen and oxygen atoms in total. The van der Waals surface area contributed by atoms with Crippen LogP contribution in [0, 0.1) is 33.8 Å². The van der Waals surface area contributed by atoms with Crippen molar-refractivity contribution in [2.75, 3.05) is 19.1 Å². The summed E-state index contributed by atoms with van der Waals surface area (Å²) in [4.78, 5) is 66.0. The number of rotatable bonds is 6. The number of fused-ring (bicyclic) bond motifs is 3. The van der Waals surface area contributed by atoms with Crippen LogP contribution >= 0.6 is 0 Å². The van der Waals surface area contributed by atoms with Crippen molar-refractivity contribution in [3.05, 3.63) is 92.6 Å². The Bertz CT molecular complexity index is 1760. The van der Waals surface area contributed by atoms with Crippen molar-refractivity contribution >= 4 is 40.8 Å². The molecule has 0 bridgehead atoms. The normalized spacial score (nSPS) is 24.6. The van der Waals surface area contributed by atoms with Gasteiger partial charge in [-0.2, -0.15) is 0 Å². The van der Waals surface area contributed by atoms with E-state index in [2.05, 4.69) is 0 Å². The van der Waals surface area contributed by atoms with Crippen LogP contribution in [0.3, 0.4) is 0 Å². The number of phenols is 1. The molecule has 1 aliphatic heterocycles. The number of carbonyl (C=O) groups excluding carboxylic acids is 4. The van der Waals surface area contributed by atoms with Crippen LogP contribution in [-0.2, 0) is 19.2 Å². The number of methoxy groups -OCH3 is 2. The quantitative estimate of drug-likeness (QED) is 0.167. The number of hydrogen-bond donors (Lipinski definition) is 1. The summed E-state index contributed by atoms with van der Waals surface area (Å²) < 4.78 is 10.5. The SMILES string of the molecule is COc1cc(C=C[C@H]2C3=CC[C@@H]4C(=O)N(c5ccc([N+](=O)[O-])cc5)C(=O)[C@@H]4[C@@H]3CC3=C2C(=O)C(C)=CC3=O)cc(OC)c1O. The molecule has 2 aromatic carbocycles. The molecular formula is C33H28N2O9. The average molecular weight is 597 g/mol. The highest BCUT2D eigenvalue weighted by molar-refractivity contribution is 6.24. The van der Waals surface area contributed by atoms with Gasteiger partial charge in [-0.3, -0.25) is 34.2 Å². The maximum atomic E-state index is 13.9. The standard InChI is InChI=1S/C33H28N2O9/c1-16-12-25(36)24-15-23-20(21(28(24)30(16)37)9-4-17-13-26(43-2)31(38)27(14-17)44-3)10-11-22-29(23)33(40)34(32(22)39)18-5-7-19(8-6-18)35(41)42/h4-10,12-14,21-23,29,38H,11,15H2,1-3H3/t21-,22-,23+,29-/m0/s1. The molecule has 0 unspecified atom stereocenters. The van der Waals surface area contributed by atoms with Gasteiger partial charge in [0.15, 0.2) is 23.1 Å². The summed E-state index contributed by atoms with van der Waals surface area (Å²) >= 11 is 0. The van der Waals surface area contributed by atoms with Crippen LogP contribution in [0.2, 0.25) is 0 Å². The van der Waals surface area contributed by atoms with Crippen molar-refractivity contribution in [2.45, 2.75) is 19.8 Å². The van der Waals surface area contributed by atoms with E-state index >= 15 is 0 Å². The molecule has 4 aliphatic rings. The minimum atomic E-state index is -0.772. The van der Waals surface area contributed by atoms with E-state index in [1.165, 1.54) is 44.6 Å². The lowest BCUT2D eigenvalue weighted by Crippen LogP contribution is -2.40. The summed E-state index contributed by atoms with van der Waals surface area (Å²) in [6.45, 7) is 1.60. The van der Waals surface area contributed by atoms with E-state index in [-0.39, 0.29) is 53.0 Å².